The van der Waals surface area contributed by atoms with Crippen LogP contribution in [0.15, 0.2) is 218 Å². The van der Waals surface area contributed by atoms with Crippen molar-refractivity contribution in [2.45, 2.75) is 0 Å². The maximum atomic E-state index is 9.45. The first kappa shape index (κ1) is 38.0. The van der Waals surface area contributed by atoms with Crippen LogP contribution in [0.4, 0.5) is 0 Å². The summed E-state index contributed by atoms with van der Waals surface area (Å²) in [6.45, 7) is 0. The summed E-state index contributed by atoms with van der Waals surface area (Å²) >= 11 is 0. The van der Waals surface area contributed by atoms with Crippen LogP contribution in [0.1, 0.15) is 5.56 Å². The molecule has 298 valence electrons. The number of benzene rings is 9. The van der Waals surface area contributed by atoms with Gasteiger partial charge in [-0.2, -0.15) is 5.26 Å². The third-order valence-electron chi connectivity index (χ3n) is 11.6. The summed E-state index contributed by atoms with van der Waals surface area (Å²) in [7, 11) is 0. The molecule has 6 heteroatoms. The molecule has 0 saturated carbocycles. The Bertz CT molecular complexity index is 3470. The molecule has 0 spiro atoms. The Morgan fingerprint density at radius 1 is 0.297 bits per heavy atom. The molecule has 6 nitrogen and oxygen atoms in total. The van der Waals surface area contributed by atoms with Crippen molar-refractivity contribution in [3.63, 3.8) is 0 Å². The van der Waals surface area contributed by atoms with Crippen molar-refractivity contribution in [1.29, 1.82) is 5.26 Å². The molecule has 2 aromatic heterocycles. The normalized spacial score (nSPS) is 11.1. The molecule has 0 N–H and O–H groups in total. The van der Waals surface area contributed by atoms with Crippen LogP contribution in [0, 0.1) is 11.3 Å². The van der Waals surface area contributed by atoms with E-state index in [0.29, 0.717) is 28.9 Å². The summed E-state index contributed by atoms with van der Waals surface area (Å²) in [5, 5.41) is 13.9. The maximum Gasteiger partial charge on any atom is 0.164 e. The van der Waals surface area contributed by atoms with Crippen molar-refractivity contribution in [2.75, 3.05) is 0 Å². The largest absolute Gasteiger partial charge is 0.228 e. The van der Waals surface area contributed by atoms with E-state index in [1.54, 1.807) is 0 Å². The zero-order valence-electron chi connectivity index (χ0n) is 34.5. The van der Waals surface area contributed by atoms with Gasteiger partial charge in [0.2, 0.25) is 0 Å². The molecule has 0 fully saturated rings. The van der Waals surface area contributed by atoms with Gasteiger partial charge in [-0.15, -0.1) is 0 Å². The molecule has 11 aromatic rings. The summed E-state index contributed by atoms with van der Waals surface area (Å²) in [5.74, 6) is 2.48. The summed E-state index contributed by atoms with van der Waals surface area (Å²) in [5.41, 5.74) is 12.2. The number of aromatic nitrogens is 5. The zero-order valence-corrected chi connectivity index (χ0v) is 34.5. The van der Waals surface area contributed by atoms with Crippen LogP contribution in [0.3, 0.4) is 0 Å². The van der Waals surface area contributed by atoms with Gasteiger partial charge in [0.05, 0.1) is 23.0 Å². The van der Waals surface area contributed by atoms with Gasteiger partial charge in [0.15, 0.2) is 23.3 Å². The zero-order chi connectivity index (χ0) is 42.8. The van der Waals surface area contributed by atoms with Crippen LogP contribution in [0.25, 0.3) is 112 Å². The fourth-order valence-electron chi connectivity index (χ4n) is 8.46. The maximum absolute atomic E-state index is 9.45. The molecule has 9 aromatic carbocycles. The topological polar surface area (TPSA) is 88.2 Å². The van der Waals surface area contributed by atoms with Gasteiger partial charge in [0.25, 0.3) is 0 Å². The van der Waals surface area contributed by atoms with E-state index in [0.717, 1.165) is 88.6 Å². The van der Waals surface area contributed by atoms with E-state index in [-0.39, 0.29) is 0 Å². The molecule has 0 amide bonds. The van der Waals surface area contributed by atoms with Crippen LogP contribution in [0.2, 0.25) is 0 Å². The van der Waals surface area contributed by atoms with E-state index in [2.05, 4.69) is 121 Å². The van der Waals surface area contributed by atoms with E-state index in [1.807, 2.05) is 103 Å². The number of rotatable bonds is 8. The van der Waals surface area contributed by atoms with Gasteiger partial charge < -0.3 is 0 Å². The Balaban J connectivity index is 1.07. The molecule has 0 aliphatic heterocycles. The van der Waals surface area contributed by atoms with E-state index in [1.165, 1.54) is 0 Å². The van der Waals surface area contributed by atoms with Gasteiger partial charge in [-0.25, -0.2) is 24.9 Å². The molecule has 0 atom stereocenters. The number of nitriles is 1. The lowest BCUT2D eigenvalue weighted by Gasteiger charge is -2.17. The fraction of sp³-hybridized carbons (Fsp3) is 0. The molecule has 0 aliphatic carbocycles. The third kappa shape index (κ3) is 7.23. The van der Waals surface area contributed by atoms with Gasteiger partial charge in [-0.3, -0.25) is 0 Å². The van der Waals surface area contributed by atoms with Gasteiger partial charge >= 0.3 is 0 Å². The Labute approximate surface area is 370 Å². The average molecular weight is 817 g/mol. The summed E-state index contributed by atoms with van der Waals surface area (Å²) in [6, 6.07) is 76.5. The van der Waals surface area contributed by atoms with Crippen molar-refractivity contribution < 1.29 is 0 Å². The number of fused-ring (bicyclic) bond motifs is 2. The van der Waals surface area contributed by atoms with Crippen molar-refractivity contribution in [2.24, 2.45) is 0 Å². The van der Waals surface area contributed by atoms with Gasteiger partial charge in [-0.05, 0) is 62.0 Å². The Morgan fingerprint density at radius 3 is 1.27 bits per heavy atom. The highest BCUT2D eigenvalue weighted by molar-refractivity contribution is 6.06. The van der Waals surface area contributed by atoms with Crippen LogP contribution >= 0.6 is 0 Å². The molecular weight excluding hydrogens is 781 g/mol. The van der Waals surface area contributed by atoms with Crippen molar-refractivity contribution in [3.05, 3.63) is 224 Å². The molecule has 0 aliphatic rings. The standard InChI is InChI=1S/C58H36N6/c59-37-38-24-26-40(27-25-38)46-34-35-50(49-23-13-12-22-48(46)49)52-36-53(61-55(60-52)42-15-4-1-5-16-42)51-33-32-39-14-10-11-21-47(39)54(51)41-28-30-45(31-29-41)58-63-56(43-17-6-2-7-18-43)62-57(64-58)44-19-8-3-9-20-44/h1-36H. The van der Waals surface area contributed by atoms with E-state index in [9.17, 15) is 5.26 Å². The first-order valence-electron chi connectivity index (χ1n) is 21.1. The first-order chi connectivity index (χ1) is 31.7. The monoisotopic (exact) mass is 816 g/mol. The highest BCUT2D eigenvalue weighted by atomic mass is 15.0. The lowest BCUT2D eigenvalue weighted by molar-refractivity contribution is 1.07. The Kier molecular flexibility index (Phi) is 9.81. The minimum absolute atomic E-state index is 0.600. The predicted octanol–water partition coefficient (Wildman–Crippen LogP) is 14.2. The van der Waals surface area contributed by atoms with E-state index >= 15 is 0 Å². The quantitative estimate of drug-likeness (QED) is 0.152. The molecule has 11 rings (SSSR count). The van der Waals surface area contributed by atoms with Gasteiger partial charge in [0, 0.05) is 33.4 Å². The second kappa shape index (κ2) is 16.5. The summed E-state index contributed by atoms with van der Waals surface area (Å²) in [6.07, 6.45) is 0. The minimum Gasteiger partial charge on any atom is -0.228 e. The lowest BCUT2D eigenvalue weighted by Crippen LogP contribution is -2.00. The minimum atomic E-state index is 0.600. The number of hydrogen-bond donors (Lipinski definition) is 0. The lowest BCUT2D eigenvalue weighted by atomic mass is 9.90. The Hall–Kier alpha value is -8.92. The molecule has 0 radical (unpaired) electrons. The molecular formula is C58H36N6. The average Bonchev–Trinajstić information content (AvgIpc) is 3.38. The predicted molar refractivity (Wildman–Crippen MR) is 259 cm³/mol. The highest BCUT2D eigenvalue weighted by Crippen LogP contribution is 2.41. The fourth-order valence-corrected chi connectivity index (χ4v) is 8.46. The third-order valence-corrected chi connectivity index (χ3v) is 11.6. The van der Waals surface area contributed by atoms with E-state index in [4.69, 9.17) is 24.9 Å². The molecule has 0 unspecified atom stereocenters. The highest BCUT2D eigenvalue weighted by Gasteiger charge is 2.19. The summed E-state index contributed by atoms with van der Waals surface area (Å²) < 4.78 is 0. The van der Waals surface area contributed by atoms with Crippen LogP contribution in [0.5, 0.6) is 0 Å². The second-order valence-electron chi connectivity index (χ2n) is 15.5. The SMILES string of the molecule is N#Cc1ccc(-c2ccc(-c3cc(-c4ccc5ccccc5c4-c4ccc(-c5nc(-c6ccccc6)nc(-c6ccccc6)n5)cc4)nc(-c4ccccc4)n3)c3ccccc23)cc1. The van der Waals surface area contributed by atoms with Crippen LogP contribution in [-0.2, 0) is 0 Å². The smallest absolute Gasteiger partial charge is 0.164 e. The first-order valence-corrected chi connectivity index (χ1v) is 21.1. The van der Waals surface area contributed by atoms with Crippen molar-refractivity contribution in [3.8, 4) is 96.4 Å². The summed E-state index contributed by atoms with van der Waals surface area (Å²) in [4.78, 5) is 25.5. The molecule has 2 heterocycles. The molecule has 64 heavy (non-hydrogen) atoms. The van der Waals surface area contributed by atoms with Crippen LogP contribution in [-0.4, -0.2) is 24.9 Å². The molecule has 0 bridgehead atoms. The van der Waals surface area contributed by atoms with Crippen molar-refractivity contribution in [1.82, 2.24) is 24.9 Å². The van der Waals surface area contributed by atoms with Crippen LogP contribution < -0.4 is 0 Å². The van der Waals surface area contributed by atoms with Crippen molar-refractivity contribution >= 4 is 21.5 Å². The molecule has 0 saturated heterocycles. The second-order valence-corrected chi connectivity index (χ2v) is 15.5. The van der Waals surface area contributed by atoms with E-state index < -0.39 is 0 Å². The number of hydrogen-bond acceptors (Lipinski definition) is 6. The van der Waals surface area contributed by atoms with Gasteiger partial charge in [-0.1, -0.05) is 200 Å². The Morgan fingerprint density at radius 2 is 0.703 bits per heavy atom. The number of nitrogens with zero attached hydrogens (tertiary/aromatic N) is 6. The van der Waals surface area contributed by atoms with Gasteiger partial charge in [0.1, 0.15) is 0 Å².